The molecule has 0 aliphatic rings. The monoisotopic (exact) mass is 182 g/mol. The Bertz CT molecular complexity index is 348. The minimum Gasteiger partial charge on any atom is -0.871 e. The highest BCUT2D eigenvalue weighted by atomic mass is 16.4. The predicted octanol–water partition coefficient (Wildman–Crippen LogP) is -0.346. The van der Waals surface area contributed by atoms with Gasteiger partial charge in [0.2, 0.25) is 0 Å². The summed E-state index contributed by atoms with van der Waals surface area (Å²) in [6.07, 6.45) is 1.19. The van der Waals surface area contributed by atoms with Gasteiger partial charge in [0, 0.05) is 17.5 Å². The standard InChI is InChI=1S/C8H9NO4/c1-4-7(11)6(8(12)13)5(3-10)2-9-4/h2,10-11H,3H2,1H3,(H,12,13)/p-1. The van der Waals surface area contributed by atoms with Gasteiger partial charge in [0.25, 0.3) is 0 Å². The van der Waals surface area contributed by atoms with Gasteiger partial charge in [0.15, 0.2) is 0 Å². The average molecular weight is 182 g/mol. The fraction of sp³-hybridized carbons (Fsp3) is 0.250. The molecular formula is C8H8NO4-. The van der Waals surface area contributed by atoms with E-state index in [1.165, 1.54) is 13.1 Å². The molecule has 0 aromatic carbocycles. The lowest BCUT2D eigenvalue weighted by Crippen LogP contribution is -2.11. The Morgan fingerprint density at radius 1 is 1.69 bits per heavy atom. The highest BCUT2D eigenvalue weighted by Gasteiger charge is 2.11. The topological polar surface area (TPSA) is 93.5 Å². The van der Waals surface area contributed by atoms with Gasteiger partial charge in [-0.05, 0) is 6.92 Å². The molecule has 0 unspecified atom stereocenters. The van der Waals surface area contributed by atoms with Crippen LogP contribution in [0, 0.1) is 6.92 Å². The average Bonchev–Trinajstić information content (AvgIpc) is 2.08. The second-order valence-corrected chi connectivity index (χ2v) is 2.54. The van der Waals surface area contributed by atoms with Crippen LogP contribution < -0.4 is 5.11 Å². The van der Waals surface area contributed by atoms with Crippen LogP contribution in [0.5, 0.6) is 5.75 Å². The van der Waals surface area contributed by atoms with Crippen molar-refractivity contribution in [2.45, 2.75) is 13.5 Å². The van der Waals surface area contributed by atoms with E-state index < -0.39 is 23.9 Å². The fourth-order valence-electron chi connectivity index (χ4n) is 0.979. The van der Waals surface area contributed by atoms with Gasteiger partial charge in [-0.25, -0.2) is 4.79 Å². The van der Waals surface area contributed by atoms with E-state index in [0.29, 0.717) is 0 Å². The number of aryl methyl sites for hydroxylation is 1. The third kappa shape index (κ3) is 1.59. The first kappa shape index (κ1) is 9.47. The van der Waals surface area contributed by atoms with Crippen LogP contribution in [0.15, 0.2) is 6.20 Å². The maximum absolute atomic E-state index is 11.2. The summed E-state index contributed by atoms with van der Waals surface area (Å²) in [7, 11) is 0. The van der Waals surface area contributed by atoms with Gasteiger partial charge in [-0.3, -0.25) is 4.98 Å². The summed E-state index contributed by atoms with van der Waals surface area (Å²) in [4.78, 5) is 14.3. The molecule has 1 rings (SSSR count). The smallest absolute Gasteiger partial charge is 0.335 e. The molecule has 2 N–H and O–H groups in total. The normalized spacial score (nSPS) is 10.0. The van der Waals surface area contributed by atoms with Crippen molar-refractivity contribution in [3.63, 3.8) is 0 Å². The number of carbonyl (C=O) groups is 1. The van der Waals surface area contributed by atoms with Gasteiger partial charge < -0.3 is 15.3 Å². The van der Waals surface area contributed by atoms with Gasteiger partial charge >= 0.3 is 5.97 Å². The Morgan fingerprint density at radius 3 is 2.77 bits per heavy atom. The van der Waals surface area contributed by atoms with E-state index in [9.17, 15) is 9.90 Å². The number of carboxylic acids is 1. The van der Waals surface area contributed by atoms with Crippen molar-refractivity contribution in [3.8, 4) is 5.75 Å². The second kappa shape index (κ2) is 3.40. The molecule has 0 saturated carbocycles. The first-order chi connectivity index (χ1) is 6.07. The van der Waals surface area contributed by atoms with E-state index in [-0.39, 0.29) is 11.3 Å². The molecule has 5 nitrogen and oxygen atoms in total. The van der Waals surface area contributed by atoms with Crippen LogP contribution in [0.3, 0.4) is 0 Å². The molecule has 13 heavy (non-hydrogen) atoms. The summed E-state index contributed by atoms with van der Waals surface area (Å²) in [6, 6.07) is 0. The van der Waals surface area contributed by atoms with Crippen molar-refractivity contribution in [1.29, 1.82) is 0 Å². The molecule has 0 spiro atoms. The Balaban J connectivity index is 3.41. The molecule has 0 saturated heterocycles. The van der Waals surface area contributed by atoms with Gasteiger partial charge in [-0.15, -0.1) is 0 Å². The minimum atomic E-state index is -1.33. The van der Waals surface area contributed by atoms with Crippen molar-refractivity contribution in [3.05, 3.63) is 23.0 Å². The van der Waals surface area contributed by atoms with E-state index in [4.69, 9.17) is 10.2 Å². The van der Waals surface area contributed by atoms with E-state index >= 15 is 0 Å². The van der Waals surface area contributed by atoms with E-state index in [0.717, 1.165) is 0 Å². The maximum Gasteiger partial charge on any atom is 0.335 e. The molecule has 0 atom stereocenters. The third-order valence-corrected chi connectivity index (χ3v) is 1.68. The lowest BCUT2D eigenvalue weighted by molar-refractivity contribution is -0.270. The lowest BCUT2D eigenvalue weighted by Gasteiger charge is -2.15. The number of hydrogen-bond acceptors (Lipinski definition) is 4. The number of aliphatic hydroxyl groups excluding tert-OH is 1. The molecule has 1 aromatic rings. The van der Waals surface area contributed by atoms with Crippen molar-refractivity contribution in [1.82, 2.24) is 4.98 Å². The van der Waals surface area contributed by atoms with Crippen LogP contribution >= 0.6 is 0 Å². The Labute approximate surface area is 74.3 Å². The molecular weight excluding hydrogens is 174 g/mol. The van der Waals surface area contributed by atoms with Crippen molar-refractivity contribution < 1.29 is 20.1 Å². The number of aliphatic hydroxyl groups is 1. The molecule has 0 radical (unpaired) electrons. The Kier molecular flexibility index (Phi) is 2.48. The number of nitrogens with zero attached hydrogens (tertiary/aromatic N) is 1. The molecule has 0 bridgehead atoms. The minimum absolute atomic E-state index is 0.0445. The molecule has 1 aromatic heterocycles. The fourth-order valence-corrected chi connectivity index (χ4v) is 0.979. The molecule has 70 valence electrons. The van der Waals surface area contributed by atoms with Crippen LogP contribution in [0.1, 0.15) is 21.6 Å². The Hall–Kier alpha value is -1.62. The van der Waals surface area contributed by atoms with Crippen LogP contribution in [0.4, 0.5) is 0 Å². The zero-order valence-electron chi connectivity index (χ0n) is 6.94. The predicted molar refractivity (Wildman–Crippen MR) is 41.3 cm³/mol. The molecule has 0 fully saturated rings. The van der Waals surface area contributed by atoms with Crippen molar-refractivity contribution >= 4 is 5.97 Å². The van der Waals surface area contributed by atoms with Gasteiger partial charge in [-0.2, -0.15) is 0 Å². The molecule has 5 heteroatoms. The lowest BCUT2D eigenvalue weighted by atomic mass is 10.1. The molecule has 1 heterocycles. The summed E-state index contributed by atoms with van der Waals surface area (Å²) in [5.74, 6) is -1.97. The molecule has 0 amide bonds. The highest BCUT2D eigenvalue weighted by molar-refractivity contribution is 5.92. The number of hydrogen-bond donors (Lipinski definition) is 2. The number of aromatic carboxylic acids is 1. The van der Waals surface area contributed by atoms with Crippen LogP contribution in [-0.2, 0) is 6.61 Å². The first-order valence-corrected chi connectivity index (χ1v) is 3.57. The summed E-state index contributed by atoms with van der Waals surface area (Å²) in [6.45, 7) is 0.931. The number of aromatic nitrogens is 1. The number of carboxylic acid groups (broad SMARTS) is 1. The first-order valence-electron chi connectivity index (χ1n) is 3.57. The van der Waals surface area contributed by atoms with E-state index in [1.807, 2.05) is 0 Å². The van der Waals surface area contributed by atoms with E-state index in [1.54, 1.807) is 0 Å². The molecule has 0 aliphatic heterocycles. The van der Waals surface area contributed by atoms with Gasteiger partial charge in [-0.1, -0.05) is 5.75 Å². The number of pyridine rings is 1. The zero-order chi connectivity index (χ0) is 10.0. The summed E-state index contributed by atoms with van der Waals surface area (Å²) < 4.78 is 0. The maximum atomic E-state index is 11.2. The summed E-state index contributed by atoms with van der Waals surface area (Å²) in [5, 5.41) is 28.6. The summed E-state index contributed by atoms with van der Waals surface area (Å²) in [5.41, 5.74) is -0.229. The highest BCUT2D eigenvalue weighted by Crippen LogP contribution is 2.20. The molecule has 0 aliphatic carbocycles. The van der Waals surface area contributed by atoms with Crippen LogP contribution in [0.2, 0.25) is 0 Å². The summed E-state index contributed by atoms with van der Waals surface area (Å²) >= 11 is 0. The van der Waals surface area contributed by atoms with Crippen molar-refractivity contribution in [2.24, 2.45) is 0 Å². The Morgan fingerprint density at radius 2 is 2.31 bits per heavy atom. The van der Waals surface area contributed by atoms with E-state index in [2.05, 4.69) is 4.98 Å². The van der Waals surface area contributed by atoms with Crippen LogP contribution in [0.25, 0.3) is 0 Å². The third-order valence-electron chi connectivity index (χ3n) is 1.68. The van der Waals surface area contributed by atoms with Gasteiger partial charge in [0.1, 0.15) is 0 Å². The second-order valence-electron chi connectivity index (χ2n) is 2.54. The SMILES string of the molecule is Cc1ncc(CO)c(C(=O)O)c1[O-]. The number of rotatable bonds is 2. The van der Waals surface area contributed by atoms with Gasteiger partial charge in [0.05, 0.1) is 12.2 Å². The quantitative estimate of drug-likeness (QED) is 0.652. The largest absolute Gasteiger partial charge is 0.871 e. The van der Waals surface area contributed by atoms with Crippen LogP contribution in [-0.4, -0.2) is 21.2 Å². The zero-order valence-corrected chi connectivity index (χ0v) is 6.94. The van der Waals surface area contributed by atoms with Crippen molar-refractivity contribution in [2.75, 3.05) is 0 Å².